The van der Waals surface area contributed by atoms with Crippen LogP contribution in [0.4, 0.5) is 10.7 Å². The molecule has 0 unspecified atom stereocenters. The number of alkyl halides is 1. The van der Waals surface area contributed by atoms with E-state index < -0.39 is 6.03 Å². The Hall–Kier alpha value is -1.69. The fourth-order valence-electron chi connectivity index (χ4n) is 1.31. The Kier molecular flexibility index (Phi) is 3.00. The molecule has 0 bridgehead atoms. The Balaban J connectivity index is 2.17. The van der Waals surface area contributed by atoms with Gasteiger partial charge in [-0.25, -0.2) is 14.8 Å². The molecule has 16 heavy (non-hydrogen) atoms. The first-order chi connectivity index (χ1) is 7.70. The van der Waals surface area contributed by atoms with Crippen LogP contribution in [-0.2, 0) is 10.7 Å². The van der Waals surface area contributed by atoms with Gasteiger partial charge in [0.25, 0.3) is 0 Å². The van der Waals surface area contributed by atoms with Gasteiger partial charge in [-0.15, -0.1) is 11.6 Å². The summed E-state index contributed by atoms with van der Waals surface area (Å²) in [6.07, 6.45) is 3.37. The first-order valence-electron chi connectivity index (χ1n) is 4.69. The lowest BCUT2D eigenvalue weighted by Gasteiger charge is -2.24. The fourth-order valence-corrected chi connectivity index (χ4v) is 1.45. The number of nitrogens with zero attached hydrogens (tertiary/aromatic N) is 3. The van der Waals surface area contributed by atoms with Crippen molar-refractivity contribution in [2.45, 2.75) is 12.3 Å². The lowest BCUT2D eigenvalue weighted by atomic mass is 10.3. The van der Waals surface area contributed by atoms with Crippen molar-refractivity contribution in [3.63, 3.8) is 0 Å². The van der Waals surface area contributed by atoms with Crippen LogP contribution in [-0.4, -0.2) is 28.5 Å². The van der Waals surface area contributed by atoms with Crippen LogP contribution in [0, 0.1) is 0 Å². The van der Waals surface area contributed by atoms with Crippen LogP contribution in [0.1, 0.15) is 12.0 Å². The third-order valence-corrected chi connectivity index (χ3v) is 2.45. The average Bonchev–Trinajstić information content (AvgIpc) is 2.29. The molecule has 1 aliphatic rings. The van der Waals surface area contributed by atoms with Gasteiger partial charge in [0.2, 0.25) is 11.9 Å². The van der Waals surface area contributed by atoms with Gasteiger partial charge < -0.3 is 0 Å². The van der Waals surface area contributed by atoms with E-state index in [1.165, 1.54) is 4.90 Å². The zero-order chi connectivity index (χ0) is 11.5. The highest BCUT2D eigenvalue weighted by Crippen LogP contribution is 2.11. The van der Waals surface area contributed by atoms with Crippen molar-refractivity contribution in [2.24, 2.45) is 0 Å². The van der Waals surface area contributed by atoms with Gasteiger partial charge >= 0.3 is 6.03 Å². The van der Waals surface area contributed by atoms with E-state index in [0.29, 0.717) is 12.4 Å². The summed E-state index contributed by atoms with van der Waals surface area (Å²) in [7, 11) is 0. The summed E-state index contributed by atoms with van der Waals surface area (Å²) in [6.45, 7) is 0.297. The van der Waals surface area contributed by atoms with Gasteiger partial charge in [-0.3, -0.25) is 15.0 Å². The number of urea groups is 1. The van der Waals surface area contributed by atoms with E-state index in [9.17, 15) is 9.59 Å². The Morgan fingerprint density at radius 1 is 1.38 bits per heavy atom. The van der Waals surface area contributed by atoms with E-state index in [1.54, 1.807) is 12.4 Å². The molecule has 0 radical (unpaired) electrons. The fraction of sp³-hybridized carbons (Fsp3) is 0.333. The molecule has 2 heterocycles. The topological polar surface area (TPSA) is 75.2 Å². The van der Waals surface area contributed by atoms with Crippen molar-refractivity contribution in [3.8, 4) is 0 Å². The molecule has 0 aromatic carbocycles. The van der Waals surface area contributed by atoms with E-state index >= 15 is 0 Å². The maximum atomic E-state index is 11.4. The zero-order valence-electron chi connectivity index (χ0n) is 8.31. The highest BCUT2D eigenvalue weighted by atomic mass is 35.5. The van der Waals surface area contributed by atoms with Crippen LogP contribution in [0.3, 0.4) is 0 Å². The van der Waals surface area contributed by atoms with Crippen molar-refractivity contribution in [2.75, 3.05) is 11.4 Å². The molecule has 6 nitrogen and oxygen atoms in total. The molecular weight excluding hydrogens is 232 g/mol. The van der Waals surface area contributed by atoms with E-state index in [1.807, 2.05) is 0 Å². The minimum atomic E-state index is -0.491. The summed E-state index contributed by atoms with van der Waals surface area (Å²) in [4.78, 5) is 31.7. The van der Waals surface area contributed by atoms with Crippen molar-refractivity contribution < 1.29 is 9.59 Å². The molecule has 1 aromatic heterocycles. The van der Waals surface area contributed by atoms with Crippen molar-refractivity contribution in [1.29, 1.82) is 0 Å². The molecule has 1 N–H and O–H groups in total. The number of nitrogens with one attached hydrogen (secondary N) is 1. The maximum Gasteiger partial charge on any atom is 0.330 e. The highest BCUT2D eigenvalue weighted by Gasteiger charge is 2.25. The van der Waals surface area contributed by atoms with Gasteiger partial charge in [0.05, 0.1) is 5.88 Å². The number of imide groups is 1. The molecular formula is C9H9ClN4O2. The zero-order valence-corrected chi connectivity index (χ0v) is 9.07. The molecule has 7 heteroatoms. The molecule has 3 amide bonds. The number of anilines is 1. The quantitative estimate of drug-likeness (QED) is 0.771. The summed E-state index contributed by atoms with van der Waals surface area (Å²) in [5, 5.41) is 2.20. The molecule has 0 spiro atoms. The van der Waals surface area contributed by atoms with Gasteiger partial charge in [-0.2, -0.15) is 0 Å². The average molecular weight is 241 g/mol. The largest absolute Gasteiger partial charge is 0.330 e. The second-order valence-corrected chi connectivity index (χ2v) is 3.55. The van der Waals surface area contributed by atoms with Crippen molar-refractivity contribution >= 4 is 29.5 Å². The minimum absolute atomic E-state index is 0.256. The Morgan fingerprint density at radius 3 is 2.62 bits per heavy atom. The van der Waals surface area contributed by atoms with Crippen LogP contribution < -0.4 is 10.2 Å². The van der Waals surface area contributed by atoms with Crippen LogP contribution in [0.25, 0.3) is 0 Å². The van der Waals surface area contributed by atoms with Crippen LogP contribution in [0.5, 0.6) is 0 Å². The van der Waals surface area contributed by atoms with Gasteiger partial charge in [0, 0.05) is 30.9 Å². The molecule has 84 valence electrons. The first kappa shape index (κ1) is 10.8. The highest BCUT2D eigenvalue weighted by molar-refractivity contribution is 6.17. The van der Waals surface area contributed by atoms with Crippen molar-refractivity contribution in [1.82, 2.24) is 15.3 Å². The molecule has 1 aliphatic heterocycles. The molecule has 0 aliphatic carbocycles. The Bertz CT molecular complexity index is 420. The standard InChI is InChI=1S/C9H9ClN4O2/c10-3-6-4-11-8(12-5-6)14-2-1-7(15)13-9(14)16/h4-5H,1-3H2,(H,13,15,16). The lowest BCUT2D eigenvalue weighted by molar-refractivity contribution is -0.120. The number of rotatable bonds is 2. The second kappa shape index (κ2) is 4.44. The summed E-state index contributed by atoms with van der Waals surface area (Å²) < 4.78 is 0. The summed E-state index contributed by atoms with van der Waals surface area (Å²) >= 11 is 5.60. The van der Waals surface area contributed by atoms with Crippen LogP contribution >= 0.6 is 11.6 Å². The third-order valence-electron chi connectivity index (χ3n) is 2.14. The minimum Gasteiger partial charge on any atom is -0.278 e. The summed E-state index contributed by atoms with van der Waals surface area (Å²) in [5.74, 6) is 0.322. The molecule has 1 aromatic rings. The van der Waals surface area contributed by atoms with E-state index in [0.717, 1.165) is 5.56 Å². The lowest BCUT2D eigenvalue weighted by Crippen LogP contribution is -2.50. The van der Waals surface area contributed by atoms with Gasteiger partial charge in [0.1, 0.15) is 0 Å². The first-order valence-corrected chi connectivity index (χ1v) is 5.22. The van der Waals surface area contributed by atoms with E-state index in [-0.39, 0.29) is 18.3 Å². The number of amides is 3. The number of hydrogen-bond acceptors (Lipinski definition) is 4. The van der Waals surface area contributed by atoms with Gasteiger partial charge in [-0.1, -0.05) is 0 Å². The number of hydrogen-bond donors (Lipinski definition) is 1. The number of carbonyl (C=O) groups is 2. The maximum absolute atomic E-state index is 11.4. The van der Waals surface area contributed by atoms with Gasteiger partial charge in [0.15, 0.2) is 0 Å². The monoisotopic (exact) mass is 240 g/mol. The van der Waals surface area contributed by atoms with E-state index in [2.05, 4.69) is 15.3 Å². The van der Waals surface area contributed by atoms with Gasteiger partial charge in [-0.05, 0) is 0 Å². The van der Waals surface area contributed by atoms with E-state index in [4.69, 9.17) is 11.6 Å². The molecule has 1 saturated heterocycles. The summed E-state index contributed by atoms with van der Waals surface area (Å²) in [6, 6.07) is -0.491. The number of carbonyl (C=O) groups excluding carboxylic acids is 2. The predicted octanol–water partition coefficient (Wildman–Crippen LogP) is 0.662. The molecule has 0 atom stereocenters. The second-order valence-electron chi connectivity index (χ2n) is 3.28. The SMILES string of the molecule is O=C1CCN(c2ncc(CCl)cn2)C(=O)N1. The van der Waals surface area contributed by atoms with Crippen LogP contribution in [0.15, 0.2) is 12.4 Å². The van der Waals surface area contributed by atoms with Crippen molar-refractivity contribution in [3.05, 3.63) is 18.0 Å². The molecule has 0 saturated carbocycles. The smallest absolute Gasteiger partial charge is 0.278 e. The number of halogens is 1. The Morgan fingerprint density at radius 2 is 2.06 bits per heavy atom. The third kappa shape index (κ3) is 2.11. The predicted molar refractivity (Wildman–Crippen MR) is 57.1 cm³/mol. The Labute approximate surface area is 96.6 Å². The molecule has 1 fully saturated rings. The summed E-state index contributed by atoms with van der Waals surface area (Å²) in [5.41, 5.74) is 0.777. The molecule has 2 rings (SSSR count). The normalized spacial score (nSPS) is 16.2. The number of aromatic nitrogens is 2. The van der Waals surface area contributed by atoms with Crippen LogP contribution in [0.2, 0.25) is 0 Å².